The number of rotatable bonds is 4. The number of carboxylic acids is 1. The smallest absolute Gasteiger partial charge is 0.335 e. The van der Waals surface area contributed by atoms with Crippen LogP contribution in [-0.4, -0.2) is 18.2 Å². The summed E-state index contributed by atoms with van der Waals surface area (Å²) >= 11 is 3.44. The van der Waals surface area contributed by atoms with E-state index in [0.29, 0.717) is 0 Å². The van der Waals surface area contributed by atoms with Crippen LogP contribution in [0, 0.1) is 0 Å². The average Bonchev–Trinajstić information content (AvgIpc) is 2.42. The van der Waals surface area contributed by atoms with E-state index >= 15 is 0 Å². The van der Waals surface area contributed by atoms with Gasteiger partial charge in [0.2, 0.25) is 0 Å². The molecule has 0 radical (unpaired) electrons. The molecular weight excluding hydrogens is 310 g/mol. The van der Waals surface area contributed by atoms with Crippen molar-refractivity contribution < 1.29 is 14.6 Å². The molecule has 2 rings (SSSR count). The number of carboxylic acid groups (broad SMARTS) is 1. The molecule has 0 saturated carbocycles. The largest absolute Gasteiger partial charge is 0.497 e. The van der Waals surface area contributed by atoms with Crippen molar-refractivity contribution >= 4 is 33.3 Å². The van der Waals surface area contributed by atoms with Gasteiger partial charge < -0.3 is 15.2 Å². The number of anilines is 2. The second kappa shape index (κ2) is 5.75. The van der Waals surface area contributed by atoms with Crippen LogP contribution in [0.15, 0.2) is 46.9 Å². The summed E-state index contributed by atoms with van der Waals surface area (Å²) in [5.41, 5.74) is 1.91. The van der Waals surface area contributed by atoms with Crippen LogP contribution in [0.25, 0.3) is 0 Å². The van der Waals surface area contributed by atoms with Crippen LogP contribution < -0.4 is 10.1 Å². The van der Waals surface area contributed by atoms with E-state index in [-0.39, 0.29) is 5.56 Å². The van der Waals surface area contributed by atoms with Gasteiger partial charge in [0.05, 0.1) is 18.4 Å². The first kappa shape index (κ1) is 13.4. The van der Waals surface area contributed by atoms with Crippen LogP contribution in [0.2, 0.25) is 0 Å². The first-order valence-corrected chi connectivity index (χ1v) is 6.33. The molecule has 0 spiro atoms. The van der Waals surface area contributed by atoms with Crippen molar-refractivity contribution in [3.8, 4) is 5.75 Å². The summed E-state index contributed by atoms with van der Waals surface area (Å²) in [6, 6.07) is 12.1. The lowest BCUT2D eigenvalue weighted by Crippen LogP contribution is -1.97. The van der Waals surface area contributed by atoms with E-state index in [0.717, 1.165) is 21.6 Å². The summed E-state index contributed by atoms with van der Waals surface area (Å²) in [4.78, 5) is 10.8. The molecule has 0 fully saturated rings. The van der Waals surface area contributed by atoms with Crippen LogP contribution in [0.1, 0.15) is 10.4 Å². The molecule has 19 heavy (non-hydrogen) atoms. The van der Waals surface area contributed by atoms with Gasteiger partial charge in [-0.3, -0.25) is 0 Å². The van der Waals surface area contributed by atoms with Crippen molar-refractivity contribution in [2.45, 2.75) is 0 Å². The lowest BCUT2D eigenvalue weighted by atomic mass is 10.2. The number of nitrogens with one attached hydrogen (secondary N) is 1. The van der Waals surface area contributed by atoms with Gasteiger partial charge in [-0.05, 0) is 52.3 Å². The summed E-state index contributed by atoms with van der Waals surface area (Å²) in [6.07, 6.45) is 0. The molecule has 0 atom stereocenters. The monoisotopic (exact) mass is 321 g/mol. The Labute approximate surface area is 119 Å². The van der Waals surface area contributed by atoms with Crippen molar-refractivity contribution in [1.82, 2.24) is 0 Å². The molecule has 2 aromatic carbocycles. The Bertz CT molecular complexity index is 596. The molecule has 0 saturated heterocycles. The number of ether oxygens (including phenoxy) is 1. The zero-order valence-corrected chi connectivity index (χ0v) is 11.8. The molecule has 0 aliphatic rings. The van der Waals surface area contributed by atoms with Gasteiger partial charge in [0, 0.05) is 16.2 Å². The number of methoxy groups -OCH3 is 1. The van der Waals surface area contributed by atoms with Gasteiger partial charge in [0.15, 0.2) is 0 Å². The zero-order chi connectivity index (χ0) is 13.8. The van der Waals surface area contributed by atoms with Gasteiger partial charge in [0.1, 0.15) is 5.75 Å². The zero-order valence-electron chi connectivity index (χ0n) is 10.2. The summed E-state index contributed by atoms with van der Waals surface area (Å²) < 4.78 is 6.06. The predicted octanol–water partition coefficient (Wildman–Crippen LogP) is 3.90. The SMILES string of the molecule is COc1ccc(Br)c(Nc2ccc(C(=O)O)cc2)c1. The third-order valence-corrected chi connectivity index (χ3v) is 3.28. The highest BCUT2D eigenvalue weighted by Crippen LogP contribution is 2.29. The van der Waals surface area contributed by atoms with Crippen molar-refractivity contribution in [2.75, 3.05) is 12.4 Å². The number of halogens is 1. The highest BCUT2D eigenvalue weighted by Gasteiger charge is 2.04. The third kappa shape index (κ3) is 3.26. The summed E-state index contributed by atoms with van der Waals surface area (Å²) in [7, 11) is 1.61. The van der Waals surface area contributed by atoms with Gasteiger partial charge in [-0.25, -0.2) is 4.79 Å². The fraction of sp³-hybridized carbons (Fsp3) is 0.0714. The second-order valence-electron chi connectivity index (χ2n) is 3.85. The quantitative estimate of drug-likeness (QED) is 0.896. The molecule has 98 valence electrons. The normalized spacial score (nSPS) is 10.0. The first-order chi connectivity index (χ1) is 9.10. The first-order valence-electron chi connectivity index (χ1n) is 5.54. The van der Waals surface area contributed by atoms with Gasteiger partial charge >= 0.3 is 5.97 Å². The van der Waals surface area contributed by atoms with Crippen molar-refractivity contribution in [3.05, 3.63) is 52.5 Å². The van der Waals surface area contributed by atoms with E-state index in [1.54, 1.807) is 31.4 Å². The molecule has 0 heterocycles. The Kier molecular flexibility index (Phi) is 4.06. The molecule has 4 nitrogen and oxygen atoms in total. The fourth-order valence-corrected chi connectivity index (χ4v) is 1.92. The average molecular weight is 322 g/mol. The summed E-state index contributed by atoms with van der Waals surface area (Å²) in [5, 5.41) is 12.0. The lowest BCUT2D eigenvalue weighted by Gasteiger charge is -2.10. The van der Waals surface area contributed by atoms with Crippen molar-refractivity contribution in [3.63, 3.8) is 0 Å². The van der Waals surface area contributed by atoms with Crippen LogP contribution in [-0.2, 0) is 0 Å². The Morgan fingerprint density at radius 2 is 1.89 bits per heavy atom. The molecule has 0 aliphatic heterocycles. The minimum Gasteiger partial charge on any atom is -0.497 e. The van der Waals surface area contributed by atoms with Crippen LogP contribution in [0.5, 0.6) is 5.75 Å². The number of aromatic carboxylic acids is 1. The minimum atomic E-state index is -0.936. The van der Waals surface area contributed by atoms with E-state index in [1.807, 2.05) is 18.2 Å². The molecule has 0 aromatic heterocycles. The molecule has 0 unspecified atom stereocenters. The Hall–Kier alpha value is -2.01. The van der Waals surface area contributed by atoms with Crippen LogP contribution in [0.4, 0.5) is 11.4 Å². The fourth-order valence-electron chi connectivity index (χ4n) is 1.58. The van der Waals surface area contributed by atoms with Gasteiger partial charge in [-0.1, -0.05) is 0 Å². The van der Waals surface area contributed by atoms with E-state index in [1.165, 1.54) is 0 Å². The van der Waals surface area contributed by atoms with Crippen molar-refractivity contribution in [1.29, 1.82) is 0 Å². The Morgan fingerprint density at radius 3 is 2.47 bits per heavy atom. The Balaban J connectivity index is 2.23. The van der Waals surface area contributed by atoms with Crippen molar-refractivity contribution in [2.24, 2.45) is 0 Å². The molecule has 5 heteroatoms. The molecule has 0 bridgehead atoms. The van der Waals surface area contributed by atoms with E-state index in [2.05, 4.69) is 21.2 Å². The van der Waals surface area contributed by atoms with E-state index in [9.17, 15) is 4.79 Å². The highest BCUT2D eigenvalue weighted by molar-refractivity contribution is 9.10. The number of hydrogen-bond acceptors (Lipinski definition) is 3. The van der Waals surface area contributed by atoms with Gasteiger partial charge in [0.25, 0.3) is 0 Å². The molecule has 2 aromatic rings. The number of carbonyl (C=O) groups is 1. The molecule has 2 N–H and O–H groups in total. The highest BCUT2D eigenvalue weighted by atomic mass is 79.9. The topological polar surface area (TPSA) is 58.6 Å². The number of benzene rings is 2. The maximum absolute atomic E-state index is 10.8. The molecular formula is C14H12BrNO3. The van der Waals surface area contributed by atoms with E-state index in [4.69, 9.17) is 9.84 Å². The van der Waals surface area contributed by atoms with Gasteiger partial charge in [-0.15, -0.1) is 0 Å². The van der Waals surface area contributed by atoms with Crippen LogP contribution in [0.3, 0.4) is 0 Å². The van der Waals surface area contributed by atoms with E-state index < -0.39 is 5.97 Å². The molecule has 0 aliphatic carbocycles. The number of hydrogen-bond donors (Lipinski definition) is 2. The van der Waals surface area contributed by atoms with Crippen LogP contribution >= 0.6 is 15.9 Å². The van der Waals surface area contributed by atoms with Gasteiger partial charge in [-0.2, -0.15) is 0 Å². The standard InChI is InChI=1S/C14H12BrNO3/c1-19-11-6-7-12(15)13(8-11)16-10-4-2-9(3-5-10)14(17)18/h2-8,16H,1H3,(H,17,18). The molecule has 0 amide bonds. The predicted molar refractivity (Wildman–Crippen MR) is 77.4 cm³/mol. The summed E-state index contributed by atoms with van der Waals surface area (Å²) in [6.45, 7) is 0. The maximum Gasteiger partial charge on any atom is 0.335 e. The third-order valence-electron chi connectivity index (χ3n) is 2.58. The lowest BCUT2D eigenvalue weighted by molar-refractivity contribution is 0.0697. The minimum absolute atomic E-state index is 0.259. The maximum atomic E-state index is 10.8. The summed E-state index contributed by atoms with van der Waals surface area (Å²) in [5.74, 6) is -0.193. The second-order valence-corrected chi connectivity index (χ2v) is 4.71. The Morgan fingerprint density at radius 1 is 1.21 bits per heavy atom.